The number of aryl methyl sites for hydroxylation is 1. The summed E-state index contributed by atoms with van der Waals surface area (Å²) in [4.78, 5) is 23.3. The number of carbonyl (C=O) groups excluding carboxylic acids is 1. The fourth-order valence-corrected chi connectivity index (χ4v) is 3.39. The molecule has 4 rings (SSSR count). The van der Waals surface area contributed by atoms with Gasteiger partial charge in [0.1, 0.15) is 29.5 Å². The van der Waals surface area contributed by atoms with Gasteiger partial charge in [-0.25, -0.2) is 18.7 Å². The third-order valence-electron chi connectivity index (χ3n) is 5.57. The van der Waals surface area contributed by atoms with Gasteiger partial charge in [-0.3, -0.25) is 4.79 Å². The number of amides is 1. The van der Waals surface area contributed by atoms with Gasteiger partial charge in [0.2, 0.25) is 5.71 Å². The van der Waals surface area contributed by atoms with Gasteiger partial charge in [-0.15, -0.1) is 0 Å². The molecular formula is C21H22F2N4O2. The van der Waals surface area contributed by atoms with Crippen molar-refractivity contribution in [1.82, 2.24) is 14.9 Å². The minimum absolute atomic E-state index is 0.0505. The molecule has 1 amide bonds. The number of nitrogens with zero attached hydrogens (tertiary/aromatic N) is 3. The standard InChI is InChI=1S/C21H22F2N4O2/c1-11(13-7-14(22)9-15(23)8-13)27(4)20(28)16-12(2)29-19-17(16)18(24-10-25-19)26-21(3)5-6-21/h7-11H,5-6H2,1-4H3,(H,24,25,26). The lowest BCUT2D eigenvalue weighted by Gasteiger charge is -2.25. The van der Waals surface area contributed by atoms with Crippen LogP contribution in [-0.2, 0) is 0 Å². The van der Waals surface area contributed by atoms with Crippen molar-refractivity contribution in [3.05, 3.63) is 53.0 Å². The third-order valence-corrected chi connectivity index (χ3v) is 5.57. The highest BCUT2D eigenvalue weighted by molar-refractivity contribution is 6.10. The second kappa shape index (κ2) is 6.79. The van der Waals surface area contributed by atoms with Gasteiger partial charge >= 0.3 is 0 Å². The second-order valence-electron chi connectivity index (χ2n) is 7.92. The molecular weight excluding hydrogens is 378 g/mol. The van der Waals surface area contributed by atoms with Crippen molar-refractivity contribution >= 4 is 22.8 Å². The molecule has 1 N–H and O–H groups in total. The molecule has 1 aromatic carbocycles. The van der Waals surface area contributed by atoms with E-state index in [9.17, 15) is 13.6 Å². The number of hydrogen-bond acceptors (Lipinski definition) is 5. The van der Waals surface area contributed by atoms with Crippen LogP contribution in [0.1, 0.15) is 54.4 Å². The summed E-state index contributed by atoms with van der Waals surface area (Å²) in [6, 6.07) is 2.70. The average molecular weight is 400 g/mol. The molecule has 1 aliphatic rings. The van der Waals surface area contributed by atoms with E-state index in [-0.39, 0.29) is 11.4 Å². The maximum Gasteiger partial charge on any atom is 0.258 e. The van der Waals surface area contributed by atoms with Crippen LogP contribution in [0.5, 0.6) is 0 Å². The maximum absolute atomic E-state index is 13.6. The molecule has 0 spiro atoms. The fraction of sp³-hybridized carbons (Fsp3) is 0.381. The Bertz CT molecular complexity index is 1090. The van der Waals surface area contributed by atoms with Gasteiger partial charge in [0.05, 0.1) is 17.0 Å². The number of fused-ring (bicyclic) bond motifs is 1. The lowest BCUT2D eigenvalue weighted by atomic mass is 10.0. The molecule has 29 heavy (non-hydrogen) atoms. The van der Waals surface area contributed by atoms with Gasteiger partial charge in [-0.2, -0.15) is 0 Å². The minimum atomic E-state index is -0.685. The summed E-state index contributed by atoms with van der Waals surface area (Å²) >= 11 is 0. The van der Waals surface area contributed by atoms with Crippen molar-refractivity contribution in [2.24, 2.45) is 0 Å². The number of furan rings is 1. The summed E-state index contributed by atoms with van der Waals surface area (Å²) in [6.07, 6.45) is 3.43. The van der Waals surface area contributed by atoms with Gasteiger partial charge < -0.3 is 14.6 Å². The first kappa shape index (κ1) is 19.3. The van der Waals surface area contributed by atoms with Crippen molar-refractivity contribution in [2.45, 2.75) is 45.2 Å². The number of nitrogens with one attached hydrogen (secondary N) is 1. The van der Waals surface area contributed by atoms with Crippen LogP contribution in [0.2, 0.25) is 0 Å². The van der Waals surface area contributed by atoms with Gasteiger partial charge in [0.25, 0.3) is 5.91 Å². The Labute approximate surface area is 166 Å². The van der Waals surface area contributed by atoms with Crippen LogP contribution in [-0.4, -0.2) is 33.4 Å². The van der Waals surface area contributed by atoms with Gasteiger partial charge in [0, 0.05) is 18.7 Å². The van der Waals surface area contributed by atoms with Crippen LogP contribution < -0.4 is 5.32 Å². The molecule has 6 nitrogen and oxygen atoms in total. The summed E-state index contributed by atoms with van der Waals surface area (Å²) in [7, 11) is 1.59. The second-order valence-corrected chi connectivity index (χ2v) is 7.92. The molecule has 2 heterocycles. The number of anilines is 1. The fourth-order valence-electron chi connectivity index (χ4n) is 3.39. The van der Waals surface area contributed by atoms with Crippen molar-refractivity contribution in [1.29, 1.82) is 0 Å². The topological polar surface area (TPSA) is 71.3 Å². The Morgan fingerprint density at radius 3 is 2.52 bits per heavy atom. The van der Waals surface area contributed by atoms with Gasteiger partial charge in [0.15, 0.2) is 0 Å². The quantitative estimate of drug-likeness (QED) is 0.677. The van der Waals surface area contributed by atoms with E-state index in [2.05, 4.69) is 22.2 Å². The predicted molar refractivity (Wildman–Crippen MR) is 105 cm³/mol. The summed E-state index contributed by atoms with van der Waals surface area (Å²) in [6.45, 7) is 5.49. The molecule has 3 aromatic rings. The SMILES string of the molecule is Cc1oc2ncnc(NC3(C)CC3)c2c1C(=O)N(C)C(C)c1cc(F)cc(F)c1. The van der Waals surface area contributed by atoms with Crippen molar-refractivity contribution in [3.63, 3.8) is 0 Å². The molecule has 1 fully saturated rings. The van der Waals surface area contributed by atoms with Crippen molar-refractivity contribution in [2.75, 3.05) is 12.4 Å². The molecule has 2 aromatic heterocycles. The number of benzene rings is 1. The Balaban J connectivity index is 1.73. The van der Waals surface area contributed by atoms with E-state index in [0.29, 0.717) is 33.8 Å². The van der Waals surface area contributed by atoms with E-state index in [4.69, 9.17) is 4.42 Å². The van der Waals surface area contributed by atoms with E-state index >= 15 is 0 Å². The third kappa shape index (κ3) is 3.54. The van der Waals surface area contributed by atoms with E-state index in [1.165, 1.54) is 23.4 Å². The van der Waals surface area contributed by atoms with E-state index in [1.807, 2.05) is 0 Å². The Morgan fingerprint density at radius 2 is 1.90 bits per heavy atom. The molecule has 0 bridgehead atoms. The zero-order chi connectivity index (χ0) is 20.9. The van der Waals surface area contributed by atoms with Crippen LogP contribution >= 0.6 is 0 Å². The van der Waals surface area contributed by atoms with Crippen LogP contribution in [0.4, 0.5) is 14.6 Å². The van der Waals surface area contributed by atoms with Crippen LogP contribution in [0.15, 0.2) is 28.9 Å². The number of hydrogen-bond donors (Lipinski definition) is 1. The number of rotatable bonds is 5. The molecule has 152 valence electrons. The van der Waals surface area contributed by atoms with Gasteiger partial charge in [-0.05, 0) is 51.3 Å². The lowest BCUT2D eigenvalue weighted by molar-refractivity contribution is 0.0742. The lowest BCUT2D eigenvalue weighted by Crippen LogP contribution is -2.30. The first-order chi connectivity index (χ1) is 13.7. The molecule has 8 heteroatoms. The zero-order valence-corrected chi connectivity index (χ0v) is 16.7. The molecule has 0 aliphatic heterocycles. The minimum Gasteiger partial charge on any atom is -0.442 e. The Morgan fingerprint density at radius 1 is 1.24 bits per heavy atom. The average Bonchev–Trinajstić information content (AvgIpc) is 3.27. The number of halogens is 2. The number of carbonyl (C=O) groups is 1. The van der Waals surface area contributed by atoms with E-state index in [1.54, 1.807) is 20.9 Å². The van der Waals surface area contributed by atoms with E-state index < -0.39 is 17.7 Å². The van der Waals surface area contributed by atoms with Gasteiger partial charge in [-0.1, -0.05) is 0 Å². The normalized spacial score (nSPS) is 15.9. The molecule has 1 unspecified atom stereocenters. The molecule has 0 saturated heterocycles. The molecule has 1 atom stereocenters. The van der Waals surface area contributed by atoms with Crippen molar-refractivity contribution in [3.8, 4) is 0 Å². The highest BCUT2D eigenvalue weighted by Gasteiger charge is 2.39. The first-order valence-corrected chi connectivity index (χ1v) is 9.44. The largest absolute Gasteiger partial charge is 0.442 e. The van der Waals surface area contributed by atoms with E-state index in [0.717, 1.165) is 18.9 Å². The molecule has 1 aliphatic carbocycles. The summed E-state index contributed by atoms with van der Waals surface area (Å²) < 4.78 is 33.0. The molecule has 0 radical (unpaired) electrons. The highest BCUT2D eigenvalue weighted by atomic mass is 19.1. The molecule has 1 saturated carbocycles. The number of aromatic nitrogens is 2. The monoisotopic (exact) mass is 400 g/mol. The summed E-state index contributed by atoms with van der Waals surface area (Å²) in [5.74, 6) is -0.741. The smallest absolute Gasteiger partial charge is 0.258 e. The zero-order valence-electron chi connectivity index (χ0n) is 16.7. The highest BCUT2D eigenvalue weighted by Crippen LogP contribution is 2.40. The van der Waals surface area contributed by atoms with Crippen molar-refractivity contribution < 1.29 is 18.0 Å². The van der Waals surface area contributed by atoms with Crippen LogP contribution in [0.3, 0.4) is 0 Å². The first-order valence-electron chi connectivity index (χ1n) is 9.44. The summed E-state index contributed by atoms with van der Waals surface area (Å²) in [5.41, 5.74) is 0.985. The Kier molecular flexibility index (Phi) is 4.52. The van der Waals surface area contributed by atoms with Crippen LogP contribution in [0, 0.1) is 18.6 Å². The Hall–Kier alpha value is -3.03. The maximum atomic E-state index is 13.6. The van der Waals surface area contributed by atoms with Crippen LogP contribution in [0.25, 0.3) is 11.1 Å². The predicted octanol–water partition coefficient (Wildman–Crippen LogP) is 4.61. The summed E-state index contributed by atoms with van der Waals surface area (Å²) in [5, 5.41) is 3.90.